The highest BCUT2D eigenvalue weighted by atomic mass is 32.2. The Bertz CT molecular complexity index is 768. The Labute approximate surface area is 124 Å². The molecule has 21 heavy (non-hydrogen) atoms. The van der Waals surface area contributed by atoms with Crippen LogP contribution in [-0.4, -0.2) is 21.4 Å². The molecule has 0 unspecified atom stereocenters. The molecule has 0 aliphatic heterocycles. The van der Waals surface area contributed by atoms with Crippen LogP contribution in [0.3, 0.4) is 0 Å². The fraction of sp³-hybridized carbons (Fsp3) is 0.133. The molecule has 0 spiro atoms. The van der Waals surface area contributed by atoms with Gasteiger partial charge in [0.15, 0.2) is 0 Å². The summed E-state index contributed by atoms with van der Waals surface area (Å²) in [7, 11) is -2.09. The van der Waals surface area contributed by atoms with Crippen LogP contribution in [0.5, 0.6) is 0 Å². The summed E-state index contributed by atoms with van der Waals surface area (Å²) in [6.07, 6.45) is 0. The Balaban J connectivity index is 2.30. The van der Waals surface area contributed by atoms with E-state index in [1.165, 1.54) is 17.0 Å². The molecular weight excluding hydrogens is 288 g/mol. The molecule has 2 aromatic carbocycles. The zero-order valence-electron chi connectivity index (χ0n) is 11.8. The van der Waals surface area contributed by atoms with Gasteiger partial charge in [-0.1, -0.05) is 18.2 Å². The molecule has 6 heteroatoms. The number of hydrogen-bond donors (Lipinski definition) is 1. The largest absolute Gasteiger partial charge is 0.311 e. The van der Waals surface area contributed by atoms with Crippen LogP contribution in [0.25, 0.3) is 0 Å². The van der Waals surface area contributed by atoms with E-state index >= 15 is 0 Å². The van der Waals surface area contributed by atoms with Gasteiger partial charge in [-0.05, 0) is 42.8 Å². The van der Waals surface area contributed by atoms with E-state index in [4.69, 9.17) is 5.14 Å². The highest BCUT2D eigenvalue weighted by Gasteiger charge is 2.16. The van der Waals surface area contributed by atoms with E-state index in [1.54, 1.807) is 31.3 Å². The second-order valence-corrected chi connectivity index (χ2v) is 6.28. The molecule has 0 radical (unpaired) electrons. The Morgan fingerprint density at radius 3 is 2.14 bits per heavy atom. The molecule has 0 saturated carbocycles. The van der Waals surface area contributed by atoms with Crippen molar-refractivity contribution in [1.29, 1.82) is 0 Å². The van der Waals surface area contributed by atoms with Gasteiger partial charge in [0.05, 0.1) is 4.90 Å². The van der Waals surface area contributed by atoms with Crippen molar-refractivity contribution in [1.82, 2.24) is 0 Å². The number of primary sulfonamides is 1. The van der Waals surface area contributed by atoms with Gasteiger partial charge in [0.2, 0.25) is 10.0 Å². The van der Waals surface area contributed by atoms with Crippen LogP contribution in [0.15, 0.2) is 53.4 Å². The van der Waals surface area contributed by atoms with Gasteiger partial charge in [-0.2, -0.15) is 0 Å². The number of sulfonamides is 1. The summed E-state index contributed by atoms with van der Waals surface area (Å²) in [5.74, 6) is -0.156. The Morgan fingerprint density at radius 2 is 1.62 bits per heavy atom. The number of nitrogens with two attached hydrogens (primary N) is 1. The minimum absolute atomic E-state index is 0.0167. The molecule has 2 rings (SSSR count). The summed E-state index contributed by atoms with van der Waals surface area (Å²) in [6, 6.07) is 13.2. The monoisotopic (exact) mass is 304 g/mol. The summed E-state index contributed by atoms with van der Waals surface area (Å²) in [6.45, 7) is 1.87. The van der Waals surface area contributed by atoms with E-state index in [9.17, 15) is 13.2 Å². The van der Waals surface area contributed by atoms with Gasteiger partial charge in [-0.15, -0.1) is 0 Å². The van der Waals surface area contributed by atoms with Crippen LogP contribution < -0.4 is 10.0 Å². The fourth-order valence-corrected chi connectivity index (χ4v) is 2.49. The number of rotatable bonds is 3. The second-order valence-electron chi connectivity index (χ2n) is 4.72. The minimum Gasteiger partial charge on any atom is -0.311 e. The lowest BCUT2D eigenvalue weighted by Gasteiger charge is -2.18. The predicted molar refractivity (Wildman–Crippen MR) is 81.7 cm³/mol. The van der Waals surface area contributed by atoms with Gasteiger partial charge in [0, 0.05) is 18.3 Å². The number of aryl methyl sites for hydroxylation is 1. The minimum atomic E-state index is -3.73. The molecule has 0 fully saturated rings. The third kappa shape index (κ3) is 3.29. The molecule has 5 nitrogen and oxygen atoms in total. The average molecular weight is 304 g/mol. The SMILES string of the molecule is Cc1ccccc1C(=O)N(C)c1ccc(S(N)(=O)=O)cc1. The topological polar surface area (TPSA) is 80.5 Å². The number of amides is 1. The number of hydrogen-bond acceptors (Lipinski definition) is 3. The van der Waals surface area contributed by atoms with Crippen molar-refractivity contribution in [2.24, 2.45) is 5.14 Å². The second kappa shape index (κ2) is 5.67. The van der Waals surface area contributed by atoms with E-state index in [0.717, 1.165) is 5.56 Å². The molecule has 1 amide bonds. The van der Waals surface area contributed by atoms with Crippen LogP contribution in [0, 0.1) is 6.92 Å². The quantitative estimate of drug-likeness (QED) is 0.940. The highest BCUT2D eigenvalue weighted by Crippen LogP contribution is 2.19. The molecule has 110 valence electrons. The van der Waals surface area contributed by atoms with E-state index in [1.807, 2.05) is 19.1 Å². The van der Waals surface area contributed by atoms with Crippen molar-refractivity contribution in [2.75, 3.05) is 11.9 Å². The standard InChI is InChI=1S/C15H16N2O3S/c1-11-5-3-4-6-14(11)15(18)17(2)12-7-9-13(10-8-12)21(16,19)20/h3-10H,1-2H3,(H2,16,19,20). The van der Waals surface area contributed by atoms with Gasteiger partial charge in [0.1, 0.15) is 0 Å². The zero-order valence-corrected chi connectivity index (χ0v) is 12.6. The van der Waals surface area contributed by atoms with Gasteiger partial charge in [-0.25, -0.2) is 13.6 Å². The Hall–Kier alpha value is -2.18. The molecule has 0 aromatic heterocycles. The van der Waals surface area contributed by atoms with Crippen LogP contribution in [0.2, 0.25) is 0 Å². The lowest BCUT2D eigenvalue weighted by molar-refractivity contribution is 0.0992. The van der Waals surface area contributed by atoms with E-state index in [0.29, 0.717) is 11.3 Å². The molecule has 0 heterocycles. The first-order valence-corrected chi connectivity index (χ1v) is 7.82. The first kappa shape index (κ1) is 15.2. The fourth-order valence-electron chi connectivity index (χ4n) is 1.97. The molecule has 0 saturated heterocycles. The lowest BCUT2D eigenvalue weighted by Crippen LogP contribution is -2.27. The smallest absolute Gasteiger partial charge is 0.258 e. The van der Waals surface area contributed by atoms with Gasteiger partial charge in [0.25, 0.3) is 5.91 Å². The summed E-state index contributed by atoms with van der Waals surface area (Å²) >= 11 is 0. The van der Waals surface area contributed by atoms with Crippen molar-refractivity contribution < 1.29 is 13.2 Å². The summed E-state index contributed by atoms with van der Waals surface area (Å²) < 4.78 is 22.4. The Morgan fingerprint density at radius 1 is 1.05 bits per heavy atom. The average Bonchev–Trinajstić information content (AvgIpc) is 2.45. The maximum absolute atomic E-state index is 12.4. The summed E-state index contributed by atoms with van der Waals surface area (Å²) in [5.41, 5.74) is 2.08. The number of nitrogens with zero attached hydrogens (tertiary/aromatic N) is 1. The first-order valence-electron chi connectivity index (χ1n) is 6.27. The van der Waals surface area contributed by atoms with Crippen LogP contribution in [-0.2, 0) is 10.0 Å². The van der Waals surface area contributed by atoms with Crippen molar-refractivity contribution in [3.63, 3.8) is 0 Å². The molecular formula is C15H16N2O3S. The van der Waals surface area contributed by atoms with E-state index < -0.39 is 10.0 Å². The van der Waals surface area contributed by atoms with Gasteiger partial charge < -0.3 is 4.90 Å². The third-order valence-corrected chi connectivity index (χ3v) is 4.16. The van der Waals surface area contributed by atoms with E-state index in [-0.39, 0.29) is 10.8 Å². The van der Waals surface area contributed by atoms with Gasteiger partial charge in [-0.3, -0.25) is 4.79 Å². The summed E-state index contributed by atoms with van der Waals surface area (Å²) in [4.78, 5) is 13.9. The molecule has 0 atom stereocenters. The zero-order chi connectivity index (χ0) is 15.6. The van der Waals surface area contributed by atoms with Crippen molar-refractivity contribution in [3.8, 4) is 0 Å². The van der Waals surface area contributed by atoms with Crippen LogP contribution in [0.4, 0.5) is 5.69 Å². The molecule has 2 N–H and O–H groups in total. The predicted octanol–water partition coefficient (Wildman–Crippen LogP) is 1.92. The van der Waals surface area contributed by atoms with Crippen LogP contribution >= 0.6 is 0 Å². The third-order valence-electron chi connectivity index (χ3n) is 3.23. The molecule has 2 aromatic rings. The normalized spacial score (nSPS) is 11.2. The maximum atomic E-state index is 12.4. The number of anilines is 1. The Kier molecular flexibility index (Phi) is 4.11. The summed E-state index contributed by atoms with van der Waals surface area (Å²) in [5, 5.41) is 5.05. The molecule has 0 bridgehead atoms. The molecule has 0 aliphatic rings. The van der Waals surface area contributed by atoms with Crippen molar-refractivity contribution >= 4 is 21.6 Å². The maximum Gasteiger partial charge on any atom is 0.258 e. The lowest BCUT2D eigenvalue weighted by atomic mass is 10.1. The number of benzene rings is 2. The first-order chi connectivity index (χ1) is 9.80. The van der Waals surface area contributed by atoms with Gasteiger partial charge >= 0.3 is 0 Å². The molecule has 0 aliphatic carbocycles. The van der Waals surface area contributed by atoms with Crippen molar-refractivity contribution in [2.45, 2.75) is 11.8 Å². The van der Waals surface area contributed by atoms with Crippen molar-refractivity contribution in [3.05, 3.63) is 59.7 Å². The highest BCUT2D eigenvalue weighted by molar-refractivity contribution is 7.89. The number of carbonyl (C=O) groups is 1. The van der Waals surface area contributed by atoms with Crippen LogP contribution in [0.1, 0.15) is 15.9 Å². The number of carbonyl (C=O) groups excluding carboxylic acids is 1. The van der Waals surface area contributed by atoms with E-state index in [2.05, 4.69) is 0 Å².